The van der Waals surface area contributed by atoms with Crippen LogP contribution in [-0.2, 0) is 19.6 Å². The Balaban J connectivity index is 2.14. The molecule has 3 aliphatic rings. The number of rotatable bonds is 1. The van der Waals surface area contributed by atoms with Crippen LogP contribution in [0, 0.1) is 16.7 Å². The average molecular weight is 271 g/mol. The van der Waals surface area contributed by atoms with Gasteiger partial charge in [-0.15, -0.1) is 0 Å². The molecule has 2 saturated carbocycles. The molecule has 1 amide bonds. The van der Waals surface area contributed by atoms with Gasteiger partial charge in [-0.2, -0.15) is 0 Å². The highest BCUT2D eigenvalue weighted by Crippen LogP contribution is 2.69. The van der Waals surface area contributed by atoms with E-state index in [1.807, 2.05) is 0 Å². The fourth-order valence-corrected chi connectivity index (χ4v) is 7.12. The van der Waals surface area contributed by atoms with Crippen LogP contribution in [0.25, 0.3) is 0 Å². The molecular weight excluding hydrogens is 254 g/mol. The van der Waals surface area contributed by atoms with Crippen molar-refractivity contribution in [2.24, 2.45) is 16.7 Å². The SMILES string of the molecule is CC1(C)[C@@H]2CC[C@]13CS(=O)(=O)N(C(=O)C=O)[C@H]3C2. The van der Waals surface area contributed by atoms with Crippen molar-refractivity contribution < 1.29 is 18.0 Å². The molecule has 2 bridgehead atoms. The molecule has 0 aromatic carbocycles. The van der Waals surface area contributed by atoms with Gasteiger partial charge < -0.3 is 0 Å². The Bertz CT molecular complexity index is 538. The van der Waals surface area contributed by atoms with Gasteiger partial charge in [0.05, 0.1) is 11.8 Å². The van der Waals surface area contributed by atoms with Gasteiger partial charge in [0.25, 0.3) is 5.91 Å². The van der Waals surface area contributed by atoms with Gasteiger partial charge in [-0.25, -0.2) is 12.7 Å². The minimum atomic E-state index is -3.62. The van der Waals surface area contributed by atoms with E-state index in [0.29, 0.717) is 12.3 Å². The summed E-state index contributed by atoms with van der Waals surface area (Å²) in [6.45, 7) is 4.21. The lowest BCUT2D eigenvalue weighted by Gasteiger charge is -2.36. The van der Waals surface area contributed by atoms with E-state index in [1.54, 1.807) is 0 Å². The third-order valence-corrected chi connectivity index (χ3v) is 7.64. The van der Waals surface area contributed by atoms with E-state index >= 15 is 0 Å². The second kappa shape index (κ2) is 3.15. The van der Waals surface area contributed by atoms with Crippen LogP contribution in [0.5, 0.6) is 0 Å². The molecule has 1 saturated heterocycles. The van der Waals surface area contributed by atoms with Crippen molar-refractivity contribution in [3.63, 3.8) is 0 Å². The topological polar surface area (TPSA) is 71.5 Å². The van der Waals surface area contributed by atoms with Crippen LogP contribution >= 0.6 is 0 Å². The zero-order valence-corrected chi connectivity index (χ0v) is 11.4. The van der Waals surface area contributed by atoms with E-state index in [9.17, 15) is 18.0 Å². The highest BCUT2D eigenvalue weighted by Gasteiger charge is 2.72. The number of sulfonamides is 1. The third kappa shape index (κ3) is 1.10. The van der Waals surface area contributed by atoms with Crippen molar-refractivity contribution in [1.82, 2.24) is 4.31 Å². The summed E-state index contributed by atoms with van der Waals surface area (Å²) in [6.07, 6.45) is 2.71. The molecule has 0 unspecified atom stereocenters. The molecule has 100 valence electrons. The molecular formula is C12H17NO4S. The van der Waals surface area contributed by atoms with Crippen LogP contribution in [-0.4, -0.2) is 36.7 Å². The Morgan fingerprint density at radius 3 is 2.61 bits per heavy atom. The average Bonchev–Trinajstić information content (AvgIpc) is 2.74. The summed E-state index contributed by atoms with van der Waals surface area (Å²) >= 11 is 0. The molecule has 1 aliphatic heterocycles. The molecule has 1 spiro atoms. The Morgan fingerprint density at radius 1 is 1.39 bits per heavy atom. The number of nitrogens with zero attached hydrogens (tertiary/aromatic N) is 1. The van der Waals surface area contributed by atoms with E-state index in [1.165, 1.54) is 0 Å². The van der Waals surface area contributed by atoms with Gasteiger partial charge in [0.1, 0.15) is 0 Å². The second-order valence-electron chi connectivity index (χ2n) is 6.37. The lowest BCUT2D eigenvalue weighted by Crippen LogP contribution is -2.44. The summed E-state index contributed by atoms with van der Waals surface area (Å²) in [7, 11) is -3.62. The molecule has 18 heavy (non-hydrogen) atoms. The van der Waals surface area contributed by atoms with Gasteiger partial charge in [0.15, 0.2) is 0 Å². The first-order valence-corrected chi connectivity index (χ1v) is 7.88. The second-order valence-corrected chi connectivity index (χ2v) is 8.22. The molecule has 2 aliphatic carbocycles. The summed E-state index contributed by atoms with van der Waals surface area (Å²) < 4.78 is 25.3. The van der Waals surface area contributed by atoms with Crippen LogP contribution in [0.4, 0.5) is 0 Å². The number of hydrogen-bond donors (Lipinski definition) is 0. The van der Waals surface area contributed by atoms with Gasteiger partial charge in [-0.3, -0.25) is 9.59 Å². The van der Waals surface area contributed by atoms with Crippen molar-refractivity contribution in [2.75, 3.05) is 5.75 Å². The Hall–Kier alpha value is -0.910. The predicted octanol–water partition coefficient (Wildman–Crippen LogP) is 0.552. The number of carbonyl (C=O) groups excluding carboxylic acids is 2. The molecule has 0 aromatic heterocycles. The lowest BCUT2D eigenvalue weighted by atomic mass is 9.69. The summed E-state index contributed by atoms with van der Waals surface area (Å²) in [5.74, 6) is -0.423. The highest BCUT2D eigenvalue weighted by atomic mass is 32.2. The Kier molecular flexibility index (Phi) is 2.13. The zero-order chi connectivity index (χ0) is 13.3. The molecule has 0 N–H and O–H groups in total. The number of amides is 1. The van der Waals surface area contributed by atoms with Crippen LogP contribution in [0.2, 0.25) is 0 Å². The Labute approximate surface area is 107 Å². The normalized spacial score (nSPS) is 42.9. The zero-order valence-electron chi connectivity index (χ0n) is 10.5. The quantitative estimate of drug-likeness (QED) is 0.516. The van der Waals surface area contributed by atoms with Gasteiger partial charge >= 0.3 is 0 Å². The van der Waals surface area contributed by atoms with Gasteiger partial charge in [-0.05, 0) is 30.6 Å². The van der Waals surface area contributed by atoms with Crippen LogP contribution < -0.4 is 0 Å². The fraction of sp³-hybridized carbons (Fsp3) is 0.833. The van der Waals surface area contributed by atoms with Crippen molar-refractivity contribution in [3.8, 4) is 0 Å². The van der Waals surface area contributed by atoms with E-state index in [2.05, 4.69) is 13.8 Å². The van der Waals surface area contributed by atoms with Crippen LogP contribution in [0.3, 0.4) is 0 Å². The third-order valence-electron chi connectivity index (χ3n) is 5.73. The number of carbonyl (C=O) groups is 2. The monoisotopic (exact) mass is 271 g/mol. The lowest BCUT2D eigenvalue weighted by molar-refractivity contribution is -0.137. The van der Waals surface area contributed by atoms with E-state index in [-0.39, 0.29) is 28.9 Å². The largest absolute Gasteiger partial charge is 0.300 e. The molecule has 3 rings (SSSR count). The van der Waals surface area contributed by atoms with E-state index in [4.69, 9.17) is 0 Å². The van der Waals surface area contributed by atoms with Gasteiger partial charge in [0.2, 0.25) is 16.3 Å². The van der Waals surface area contributed by atoms with Crippen molar-refractivity contribution >= 4 is 22.2 Å². The first-order chi connectivity index (χ1) is 8.26. The molecule has 3 fully saturated rings. The summed E-state index contributed by atoms with van der Waals surface area (Å²) in [6, 6.07) is -0.297. The fourth-order valence-electron chi connectivity index (χ4n) is 4.63. The molecule has 5 nitrogen and oxygen atoms in total. The van der Waals surface area contributed by atoms with Crippen molar-refractivity contribution in [2.45, 2.75) is 39.2 Å². The van der Waals surface area contributed by atoms with Crippen molar-refractivity contribution in [3.05, 3.63) is 0 Å². The number of fused-ring (bicyclic) bond motifs is 1. The minimum Gasteiger partial charge on any atom is -0.292 e. The summed E-state index contributed by atoms with van der Waals surface area (Å²) in [4.78, 5) is 22.3. The molecule has 1 heterocycles. The van der Waals surface area contributed by atoms with Gasteiger partial charge in [-0.1, -0.05) is 13.8 Å². The molecule has 3 atom stereocenters. The standard InChI is InChI=1S/C12H17NO4S/c1-11(2)8-3-4-12(11)7-18(16,17)13(9(12)5-8)10(15)6-14/h6,8-9H,3-5,7H2,1-2H3/t8-,9+,12-/m1/s1. The maximum Gasteiger partial charge on any atom is 0.300 e. The first kappa shape index (κ1) is 12.1. The molecule has 0 radical (unpaired) electrons. The van der Waals surface area contributed by atoms with Gasteiger partial charge in [0, 0.05) is 5.41 Å². The first-order valence-electron chi connectivity index (χ1n) is 6.27. The smallest absolute Gasteiger partial charge is 0.292 e. The van der Waals surface area contributed by atoms with E-state index in [0.717, 1.165) is 17.1 Å². The highest BCUT2D eigenvalue weighted by molar-refractivity contribution is 7.90. The van der Waals surface area contributed by atoms with E-state index < -0.39 is 15.9 Å². The minimum absolute atomic E-state index is 0.0216. The van der Waals surface area contributed by atoms with Crippen molar-refractivity contribution in [1.29, 1.82) is 0 Å². The Morgan fingerprint density at radius 2 is 2.06 bits per heavy atom. The molecule has 0 aromatic rings. The predicted molar refractivity (Wildman–Crippen MR) is 64.0 cm³/mol. The van der Waals surface area contributed by atoms with Crippen LogP contribution in [0.15, 0.2) is 0 Å². The number of hydrogen-bond acceptors (Lipinski definition) is 4. The summed E-state index contributed by atoms with van der Waals surface area (Å²) in [5, 5.41) is 0. The van der Waals surface area contributed by atoms with Crippen LogP contribution in [0.1, 0.15) is 33.1 Å². The number of aldehydes is 1. The maximum atomic E-state index is 12.2. The maximum absolute atomic E-state index is 12.2. The summed E-state index contributed by atoms with van der Waals surface area (Å²) in [5.41, 5.74) is -0.405. The molecule has 6 heteroatoms.